The van der Waals surface area contributed by atoms with E-state index in [2.05, 4.69) is 17.1 Å². The number of hydrogen-bond donors (Lipinski definition) is 0. The van der Waals surface area contributed by atoms with Crippen LogP contribution in [-0.2, 0) is 6.42 Å². The molecule has 0 spiro atoms. The minimum Gasteiger partial charge on any atom is -0.298 e. The van der Waals surface area contributed by atoms with Gasteiger partial charge in [-0.15, -0.1) is 10.2 Å². The number of benzene rings is 1. The molecule has 0 radical (unpaired) electrons. The van der Waals surface area contributed by atoms with E-state index in [1.54, 1.807) is 11.3 Å². The SMILES string of the molecule is CCCCCc1nnc(-c2ccc(C=O)c(C)c2)s1. The molecule has 0 aliphatic heterocycles. The molecular weight excluding hydrogens is 256 g/mol. The highest BCUT2D eigenvalue weighted by molar-refractivity contribution is 7.14. The number of rotatable bonds is 6. The van der Waals surface area contributed by atoms with Crippen LogP contribution in [0.15, 0.2) is 18.2 Å². The molecule has 0 amide bonds. The maximum absolute atomic E-state index is 10.8. The summed E-state index contributed by atoms with van der Waals surface area (Å²) >= 11 is 1.65. The van der Waals surface area contributed by atoms with Crippen molar-refractivity contribution >= 4 is 17.6 Å². The predicted octanol–water partition coefficient (Wildman–Crippen LogP) is 4.06. The fraction of sp³-hybridized carbons (Fsp3) is 0.400. The molecule has 0 saturated carbocycles. The second kappa shape index (κ2) is 6.57. The van der Waals surface area contributed by atoms with Crippen LogP contribution in [0, 0.1) is 6.92 Å². The Hall–Kier alpha value is -1.55. The average molecular weight is 274 g/mol. The van der Waals surface area contributed by atoms with Crippen molar-refractivity contribution in [2.45, 2.75) is 39.5 Å². The van der Waals surface area contributed by atoms with E-state index in [0.29, 0.717) is 0 Å². The summed E-state index contributed by atoms with van der Waals surface area (Å²) in [4.78, 5) is 10.8. The van der Waals surface area contributed by atoms with E-state index in [1.807, 2.05) is 25.1 Å². The molecular formula is C15H18N2OS. The molecule has 1 heterocycles. The van der Waals surface area contributed by atoms with Crippen LogP contribution in [0.5, 0.6) is 0 Å². The van der Waals surface area contributed by atoms with Crippen molar-refractivity contribution < 1.29 is 4.79 Å². The fourth-order valence-electron chi connectivity index (χ4n) is 1.94. The van der Waals surface area contributed by atoms with E-state index in [9.17, 15) is 4.79 Å². The second-order valence-electron chi connectivity index (χ2n) is 4.65. The Kier molecular flexibility index (Phi) is 4.80. The van der Waals surface area contributed by atoms with Crippen LogP contribution < -0.4 is 0 Å². The number of carbonyl (C=O) groups excluding carboxylic acids is 1. The first-order valence-corrected chi connectivity index (χ1v) is 7.45. The van der Waals surface area contributed by atoms with Crippen LogP contribution >= 0.6 is 11.3 Å². The van der Waals surface area contributed by atoms with Crippen LogP contribution in [0.1, 0.15) is 47.1 Å². The lowest BCUT2D eigenvalue weighted by atomic mass is 10.1. The molecule has 2 rings (SSSR count). The van der Waals surface area contributed by atoms with Gasteiger partial charge in [-0.1, -0.05) is 43.2 Å². The summed E-state index contributed by atoms with van der Waals surface area (Å²) in [5.74, 6) is 0. The van der Waals surface area contributed by atoms with Crippen molar-refractivity contribution in [1.82, 2.24) is 10.2 Å². The molecule has 0 N–H and O–H groups in total. The molecule has 0 aliphatic rings. The van der Waals surface area contributed by atoms with E-state index in [-0.39, 0.29) is 0 Å². The van der Waals surface area contributed by atoms with Crippen LogP contribution in [0.3, 0.4) is 0 Å². The van der Waals surface area contributed by atoms with Gasteiger partial charge in [0, 0.05) is 17.5 Å². The zero-order chi connectivity index (χ0) is 13.7. The van der Waals surface area contributed by atoms with Crippen molar-refractivity contribution in [2.75, 3.05) is 0 Å². The summed E-state index contributed by atoms with van der Waals surface area (Å²) in [7, 11) is 0. The van der Waals surface area contributed by atoms with Gasteiger partial charge in [0.1, 0.15) is 16.3 Å². The lowest BCUT2D eigenvalue weighted by Gasteiger charge is -2.00. The van der Waals surface area contributed by atoms with E-state index in [0.717, 1.165) is 39.4 Å². The van der Waals surface area contributed by atoms with Gasteiger partial charge in [-0.25, -0.2) is 0 Å². The normalized spacial score (nSPS) is 10.6. The molecule has 4 heteroatoms. The van der Waals surface area contributed by atoms with E-state index < -0.39 is 0 Å². The molecule has 0 unspecified atom stereocenters. The van der Waals surface area contributed by atoms with Gasteiger partial charge in [-0.2, -0.15) is 0 Å². The number of hydrogen-bond acceptors (Lipinski definition) is 4. The van der Waals surface area contributed by atoms with E-state index >= 15 is 0 Å². The Morgan fingerprint density at radius 1 is 1.26 bits per heavy atom. The standard InChI is InChI=1S/C15H18N2OS/c1-3-4-5-6-14-16-17-15(19-14)12-7-8-13(10-18)11(2)9-12/h7-10H,3-6H2,1-2H3. The molecule has 0 atom stereocenters. The average Bonchev–Trinajstić information content (AvgIpc) is 2.88. The third-order valence-corrected chi connectivity index (χ3v) is 4.14. The van der Waals surface area contributed by atoms with Crippen molar-refractivity contribution in [1.29, 1.82) is 0 Å². The predicted molar refractivity (Wildman–Crippen MR) is 78.7 cm³/mol. The topological polar surface area (TPSA) is 42.9 Å². The van der Waals surface area contributed by atoms with Crippen LogP contribution in [-0.4, -0.2) is 16.5 Å². The highest BCUT2D eigenvalue weighted by Crippen LogP contribution is 2.26. The van der Waals surface area contributed by atoms with Crippen LogP contribution in [0.2, 0.25) is 0 Å². The molecule has 0 bridgehead atoms. The molecule has 1 aromatic carbocycles. The summed E-state index contributed by atoms with van der Waals surface area (Å²) in [6.45, 7) is 4.14. The Morgan fingerprint density at radius 2 is 2.11 bits per heavy atom. The third kappa shape index (κ3) is 3.47. The molecule has 1 aromatic heterocycles. The highest BCUT2D eigenvalue weighted by atomic mass is 32.1. The summed E-state index contributed by atoms with van der Waals surface area (Å²) in [6.07, 6.45) is 5.53. The summed E-state index contributed by atoms with van der Waals surface area (Å²) in [5, 5.41) is 10.5. The Morgan fingerprint density at radius 3 is 2.79 bits per heavy atom. The van der Waals surface area contributed by atoms with Crippen LogP contribution in [0.4, 0.5) is 0 Å². The zero-order valence-electron chi connectivity index (χ0n) is 11.3. The largest absolute Gasteiger partial charge is 0.298 e. The van der Waals surface area contributed by atoms with Gasteiger partial charge in [0.2, 0.25) is 0 Å². The molecule has 0 aliphatic carbocycles. The Labute approximate surface area is 117 Å². The van der Waals surface area contributed by atoms with E-state index in [4.69, 9.17) is 0 Å². The van der Waals surface area contributed by atoms with Gasteiger partial charge >= 0.3 is 0 Å². The Balaban J connectivity index is 2.13. The third-order valence-electron chi connectivity index (χ3n) is 3.10. The zero-order valence-corrected chi connectivity index (χ0v) is 12.2. The monoisotopic (exact) mass is 274 g/mol. The minimum absolute atomic E-state index is 0.733. The van der Waals surface area contributed by atoms with Crippen molar-refractivity contribution in [3.05, 3.63) is 34.3 Å². The first-order valence-electron chi connectivity index (χ1n) is 6.63. The second-order valence-corrected chi connectivity index (χ2v) is 5.71. The van der Waals surface area contributed by atoms with Gasteiger partial charge in [0.05, 0.1) is 0 Å². The number of aryl methyl sites for hydroxylation is 2. The minimum atomic E-state index is 0.733. The number of aromatic nitrogens is 2. The number of carbonyl (C=O) groups is 1. The number of aldehydes is 1. The fourth-order valence-corrected chi connectivity index (χ4v) is 2.82. The molecule has 0 fully saturated rings. The van der Waals surface area contributed by atoms with Crippen LogP contribution in [0.25, 0.3) is 10.6 Å². The summed E-state index contributed by atoms with van der Waals surface area (Å²) in [6, 6.07) is 5.78. The van der Waals surface area contributed by atoms with Gasteiger partial charge in [0.15, 0.2) is 0 Å². The van der Waals surface area contributed by atoms with Gasteiger partial charge in [-0.3, -0.25) is 4.79 Å². The van der Waals surface area contributed by atoms with Gasteiger partial charge in [-0.05, 0) is 25.0 Å². The maximum Gasteiger partial charge on any atom is 0.150 e. The first kappa shape index (κ1) is 13.9. The lowest BCUT2D eigenvalue weighted by Crippen LogP contribution is -1.87. The molecule has 3 nitrogen and oxygen atoms in total. The summed E-state index contributed by atoms with van der Waals surface area (Å²) < 4.78 is 0. The van der Waals surface area contributed by atoms with Crippen molar-refractivity contribution in [2.24, 2.45) is 0 Å². The number of unbranched alkanes of at least 4 members (excludes halogenated alkanes) is 2. The smallest absolute Gasteiger partial charge is 0.150 e. The molecule has 19 heavy (non-hydrogen) atoms. The quantitative estimate of drug-likeness (QED) is 0.589. The van der Waals surface area contributed by atoms with Gasteiger partial charge in [0.25, 0.3) is 0 Å². The van der Waals surface area contributed by atoms with Crippen molar-refractivity contribution in [3.63, 3.8) is 0 Å². The van der Waals surface area contributed by atoms with Crippen molar-refractivity contribution in [3.8, 4) is 10.6 Å². The van der Waals surface area contributed by atoms with E-state index in [1.165, 1.54) is 19.3 Å². The number of nitrogens with zero attached hydrogens (tertiary/aromatic N) is 2. The molecule has 0 saturated heterocycles. The summed E-state index contributed by atoms with van der Waals surface area (Å²) in [5.41, 5.74) is 2.76. The lowest BCUT2D eigenvalue weighted by molar-refractivity contribution is 0.112. The molecule has 2 aromatic rings. The highest BCUT2D eigenvalue weighted by Gasteiger charge is 2.08. The maximum atomic E-state index is 10.8. The Bertz CT molecular complexity index is 563. The van der Waals surface area contributed by atoms with Gasteiger partial charge < -0.3 is 0 Å². The first-order chi connectivity index (χ1) is 9.24. The molecule has 100 valence electrons.